The zero-order valence-corrected chi connectivity index (χ0v) is 16.0. The average Bonchev–Trinajstić information content (AvgIpc) is 3.27. The van der Waals surface area contributed by atoms with Crippen LogP contribution < -0.4 is 10.1 Å². The summed E-state index contributed by atoms with van der Waals surface area (Å²) in [5.74, 6) is 0.554. The van der Waals surface area contributed by atoms with E-state index in [-0.39, 0.29) is 5.91 Å². The van der Waals surface area contributed by atoms with Crippen molar-refractivity contribution in [2.45, 2.75) is 0 Å². The molecule has 7 heteroatoms. The molecule has 0 aliphatic carbocycles. The van der Waals surface area contributed by atoms with Gasteiger partial charge in [0.1, 0.15) is 10.6 Å². The van der Waals surface area contributed by atoms with Gasteiger partial charge >= 0.3 is 0 Å². The average molecular weight is 401 g/mol. The van der Waals surface area contributed by atoms with E-state index in [1.165, 1.54) is 22.7 Å². The summed E-state index contributed by atoms with van der Waals surface area (Å²) in [6.45, 7) is 0. The van der Waals surface area contributed by atoms with Crippen LogP contribution in [0.4, 0.5) is 5.13 Å². The number of ether oxygens (including phenoxy) is 1. The normalized spacial score (nSPS) is 10.8. The summed E-state index contributed by atoms with van der Waals surface area (Å²) in [5.41, 5.74) is 1.02. The van der Waals surface area contributed by atoms with Gasteiger partial charge in [0.05, 0.1) is 17.0 Å². The Kier molecular flexibility index (Phi) is 4.63. The van der Waals surface area contributed by atoms with E-state index >= 15 is 0 Å². The highest BCUT2D eigenvalue weighted by Crippen LogP contribution is 2.36. The second-order valence-corrected chi connectivity index (χ2v) is 7.91. The van der Waals surface area contributed by atoms with Crippen molar-refractivity contribution in [1.82, 2.24) is 4.98 Å². The van der Waals surface area contributed by atoms with Crippen LogP contribution in [0, 0.1) is 0 Å². The largest absolute Gasteiger partial charge is 0.497 e. The number of methoxy groups -OCH3 is 1. The highest BCUT2D eigenvalue weighted by atomic mass is 35.5. The first-order valence-electron chi connectivity index (χ1n) is 7.74. The van der Waals surface area contributed by atoms with Gasteiger partial charge in [0.15, 0.2) is 5.13 Å². The lowest BCUT2D eigenvalue weighted by Gasteiger charge is -2.01. The van der Waals surface area contributed by atoms with Crippen LogP contribution in [0.1, 0.15) is 9.67 Å². The summed E-state index contributed by atoms with van der Waals surface area (Å²) in [4.78, 5) is 18.4. The van der Waals surface area contributed by atoms with E-state index in [1.54, 1.807) is 13.3 Å². The van der Waals surface area contributed by atoms with E-state index in [9.17, 15) is 4.79 Å². The third-order valence-electron chi connectivity index (χ3n) is 3.84. The van der Waals surface area contributed by atoms with Crippen molar-refractivity contribution in [2.75, 3.05) is 12.4 Å². The molecule has 0 saturated heterocycles. The molecule has 0 unspecified atom stereocenters. The molecule has 0 fully saturated rings. The van der Waals surface area contributed by atoms with Crippen molar-refractivity contribution >= 4 is 55.4 Å². The second-order valence-electron chi connectivity index (χ2n) is 5.45. The summed E-state index contributed by atoms with van der Waals surface area (Å²) in [7, 11) is 1.63. The molecule has 4 aromatic rings. The van der Waals surface area contributed by atoms with Crippen LogP contribution in [-0.4, -0.2) is 18.0 Å². The van der Waals surface area contributed by atoms with Crippen LogP contribution >= 0.6 is 34.3 Å². The van der Waals surface area contributed by atoms with E-state index in [0.29, 0.717) is 15.0 Å². The van der Waals surface area contributed by atoms with E-state index in [2.05, 4.69) is 10.3 Å². The number of hydrogen-bond donors (Lipinski definition) is 1. The van der Waals surface area contributed by atoms with Crippen LogP contribution in [0.25, 0.3) is 20.5 Å². The lowest BCUT2D eigenvalue weighted by molar-refractivity contribution is 0.103. The predicted octanol–water partition coefficient (Wildman–Crippen LogP) is 5.94. The third kappa shape index (κ3) is 3.19. The number of fused-ring (bicyclic) bond motifs is 1. The van der Waals surface area contributed by atoms with Crippen LogP contribution in [0.5, 0.6) is 5.75 Å². The number of rotatable bonds is 4. The Morgan fingerprint density at radius 1 is 1.12 bits per heavy atom. The fourth-order valence-corrected chi connectivity index (χ4v) is 4.76. The minimum Gasteiger partial charge on any atom is -0.497 e. The Morgan fingerprint density at radius 2 is 1.88 bits per heavy atom. The smallest absolute Gasteiger partial charge is 0.269 e. The first kappa shape index (κ1) is 17.0. The quantitative estimate of drug-likeness (QED) is 0.461. The fraction of sp³-hybridized carbons (Fsp3) is 0.0526. The van der Waals surface area contributed by atoms with Gasteiger partial charge in [0.25, 0.3) is 5.91 Å². The number of carbonyl (C=O) groups excluding carboxylic acids is 1. The Labute approximate surface area is 163 Å². The number of carbonyl (C=O) groups is 1. The summed E-state index contributed by atoms with van der Waals surface area (Å²) in [6, 6.07) is 15.4. The molecule has 4 rings (SSSR count). The molecule has 130 valence electrons. The second kappa shape index (κ2) is 7.07. The van der Waals surface area contributed by atoms with E-state index in [0.717, 1.165) is 26.3 Å². The predicted molar refractivity (Wildman–Crippen MR) is 109 cm³/mol. The Balaban J connectivity index is 1.56. The number of nitrogens with zero attached hydrogens (tertiary/aromatic N) is 1. The molecule has 0 aliphatic rings. The van der Waals surface area contributed by atoms with Gasteiger partial charge in [-0.05, 0) is 35.9 Å². The first-order valence-corrected chi connectivity index (χ1v) is 9.75. The molecule has 1 amide bonds. The molecular formula is C19H13ClN2O2S2. The Morgan fingerprint density at radius 3 is 2.62 bits per heavy atom. The lowest BCUT2D eigenvalue weighted by atomic mass is 10.2. The number of anilines is 1. The minimum atomic E-state index is -0.244. The topological polar surface area (TPSA) is 51.2 Å². The zero-order valence-electron chi connectivity index (χ0n) is 13.7. The maximum atomic E-state index is 12.6. The summed E-state index contributed by atoms with van der Waals surface area (Å²) < 4.78 is 6.15. The highest BCUT2D eigenvalue weighted by molar-refractivity contribution is 7.22. The third-order valence-corrected chi connectivity index (χ3v) is 6.48. The first-order chi connectivity index (χ1) is 12.7. The molecular weight excluding hydrogens is 388 g/mol. The van der Waals surface area contributed by atoms with Gasteiger partial charge in [-0.2, -0.15) is 0 Å². The van der Waals surface area contributed by atoms with E-state index in [1.807, 2.05) is 48.5 Å². The number of nitrogens with one attached hydrogen (secondary N) is 1. The molecule has 0 atom stereocenters. The number of thiophene rings is 1. The van der Waals surface area contributed by atoms with Gasteiger partial charge in [0, 0.05) is 16.3 Å². The molecule has 0 saturated carbocycles. The maximum Gasteiger partial charge on any atom is 0.269 e. The lowest BCUT2D eigenvalue weighted by Crippen LogP contribution is -2.10. The Hall–Kier alpha value is -2.41. The van der Waals surface area contributed by atoms with E-state index in [4.69, 9.17) is 16.3 Å². The van der Waals surface area contributed by atoms with Crippen molar-refractivity contribution in [1.29, 1.82) is 0 Å². The maximum absolute atomic E-state index is 12.6. The molecule has 2 aromatic carbocycles. The van der Waals surface area contributed by atoms with Gasteiger partial charge in [-0.3, -0.25) is 10.1 Å². The number of aromatic nitrogens is 1. The summed E-state index contributed by atoms with van der Waals surface area (Å²) in [6.07, 6.45) is 1.74. The minimum absolute atomic E-state index is 0.244. The molecule has 2 aromatic heterocycles. The summed E-state index contributed by atoms with van der Waals surface area (Å²) in [5, 5.41) is 4.75. The molecule has 0 spiro atoms. The van der Waals surface area contributed by atoms with Gasteiger partial charge in [0.2, 0.25) is 0 Å². The molecule has 0 aliphatic heterocycles. The van der Waals surface area contributed by atoms with Crippen molar-refractivity contribution in [3.05, 3.63) is 64.6 Å². The van der Waals surface area contributed by atoms with Gasteiger partial charge in [-0.25, -0.2) is 4.98 Å². The number of benzene rings is 2. The Bertz CT molecular complexity index is 1090. The number of thiazole rings is 1. The van der Waals surface area contributed by atoms with Crippen molar-refractivity contribution in [2.24, 2.45) is 0 Å². The van der Waals surface area contributed by atoms with Gasteiger partial charge in [-0.15, -0.1) is 11.3 Å². The number of hydrogen-bond acceptors (Lipinski definition) is 5. The van der Waals surface area contributed by atoms with Crippen LogP contribution in [0.2, 0.25) is 5.02 Å². The standard InChI is InChI=1S/C19H13ClN2O2S2/c1-24-12-8-6-11(7-9-12)15-10-21-19(26-15)22-18(23)17-16(20)13-4-2-3-5-14(13)25-17/h2-10H,1H3,(H,21,22,23). The molecule has 0 radical (unpaired) electrons. The highest BCUT2D eigenvalue weighted by Gasteiger charge is 2.18. The van der Waals surface area contributed by atoms with Crippen LogP contribution in [-0.2, 0) is 0 Å². The van der Waals surface area contributed by atoms with Crippen molar-refractivity contribution in [3.8, 4) is 16.2 Å². The summed E-state index contributed by atoms with van der Waals surface area (Å²) >= 11 is 9.16. The SMILES string of the molecule is COc1ccc(-c2cnc(NC(=O)c3sc4ccccc4c3Cl)s2)cc1. The number of amides is 1. The molecule has 2 heterocycles. The zero-order chi connectivity index (χ0) is 18.1. The molecule has 4 nitrogen and oxygen atoms in total. The molecule has 1 N–H and O–H groups in total. The van der Waals surface area contributed by atoms with Gasteiger partial charge < -0.3 is 4.74 Å². The van der Waals surface area contributed by atoms with Crippen molar-refractivity contribution < 1.29 is 9.53 Å². The monoisotopic (exact) mass is 400 g/mol. The van der Waals surface area contributed by atoms with Crippen molar-refractivity contribution in [3.63, 3.8) is 0 Å². The van der Waals surface area contributed by atoms with Crippen LogP contribution in [0.3, 0.4) is 0 Å². The number of halogens is 1. The molecule has 0 bridgehead atoms. The van der Waals surface area contributed by atoms with Gasteiger partial charge in [-0.1, -0.05) is 41.1 Å². The fourth-order valence-electron chi connectivity index (χ4n) is 2.53. The van der Waals surface area contributed by atoms with Crippen LogP contribution in [0.15, 0.2) is 54.7 Å². The van der Waals surface area contributed by atoms with E-state index < -0.39 is 0 Å². The molecule has 26 heavy (non-hydrogen) atoms.